The standard InChI is InChI=1S/C24H26N4O6/c1-14-11-18(22(30)31)27-28(14)13-24(2,23(25)32)16-6-8-17(9-7-16)26-21(29)15-5-10-19(33-3)20(12-15)34-4/h5-12H,13H2,1-4H3,(H2,25,32)(H,26,29)(H,30,31). The number of aromatic carboxylic acids is 1. The highest BCUT2D eigenvalue weighted by Crippen LogP contribution is 2.29. The van der Waals surface area contributed by atoms with Crippen LogP contribution in [0.1, 0.15) is 39.0 Å². The fourth-order valence-corrected chi connectivity index (χ4v) is 3.49. The molecule has 0 aliphatic rings. The van der Waals surface area contributed by atoms with E-state index in [1.54, 1.807) is 56.3 Å². The maximum Gasteiger partial charge on any atom is 0.356 e. The first-order valence-corrected chi connectivity index (χ1v) is 10.3. The Kier molecular flexibility index (Phi) is 6.90. The van der Waals surface area contributed by atoms with Crippen LogP contribution in [-0.2, 0) is 16.8 Å². The highest BCUT2D eigenvalue weighted by molar-refractivity contribution is 6.04. The topological polar surface area (TPSA) is 146 Å². The number of nitrogens with zero attached hydrogens (tertiary/aromatic N) is 2. The highest BCUT2D eigenvalue weighted by Gasteiger charge is 2.35. The quantitative estimate of drug-likeness (QED) is 0.439. The van der Waals surface area contributed by atoms with Gasteiger partial charge in [-0.1, -0.05) is 12.1 Å². The Balaban J connectivity index is 1.81. The minimum Gasteiger partial charge on any atom is -0.493 e. The minimum atomic E-state index is -1.17. The van der Waals surface area contributed by atoms with Crippen LogP contribution in [0.3, 0.4) is 0 Å². The summed E-state index contributed by atoms with van der Waals surface area (Å²) in [6, 6.07) is 13.0. The lowest BCUT2D eigenvalue weighted by atomic mass is 9.81. The van der Waals surface area contributed by atoms with Gasteiger partial charge in [0, 0.05) is 16.9 Å². The molecule has 3 rings (SSSR count). The van der Waals surface area contributed by atoms with E-state index in [-0.39, 0.29) is 18.1 Å². The first kappa shape index (κ1) is 24.3. The van der Waals surface area contributed by atoms with Crippen molar-refractivity contribution in [2.75, 3.05) is 19.5 Å². The van der Waals surface area contributed by atoms with E-state index in [9.17, 15) is 19.5 Å². The lowest BCUT2D eigenvalue weighted by Gasteiger charge is -2.27. The zero-order valence-corrected chi connectivity index (χ0v) is 19.3. The molecule has 3 aromatic rings. The van der Waals surface area contributed by atoms with Crippen molar-refractivity contribution in [2.24, 2.45) is 5.73 Å². The number of ether oxygens (including phenoxy) is 2. The number of methoxy groups -OCH3 is 2. The van der Waals surface area contributed by atoms with Gasteiger partial charge in [0.05, 0.1) is 26.2 Å². The van der Waals surface area contributed by atoms with E-state index in [4.69, 9.17) is 15.2 Å². The van der Waals surface area contributed by atoms with Gasteiger partial charge in [-0.2, -0.15) is 5.10 Å². The van der Waals surface area contributed by atoms with Crippen molar-refractivity contribution >= 4 is 23.5 Å². The van der Waals surface area contributed by atoms with E-state index >= 15 is 0 Å². The number of rotatable bonds is 9. The maximum absolute atomic E-state index is 12.7. The highest BCUT2D eigenvalue weighted by atomic mass is 16.5. The van der Waals surface area contributed by atoms with E-state index in [0.717, 1.165) is 0 Å². The Morgan fingerprint density at radius 1 is 1.06 bits per heavy atom. The van der Waals surface area contributed by atoms with Crippen molar-refractivity contribution in [3.8, 4) is 11.5 Å². The molecule has 34 heavy (non-hydrogen) atoms. The second-order valence-electron chi connectivity index (χ2n) is 7.93. The second-order valence-corrected chi connectivity index (χ2v) is 7.93. The summed E-state index contributed by atoms with van der Waals surface area (Å²) in [5.41, 5.74) is 6.52. The number of carbonyl (C=O) groups is 3. The predicted octanol–water partition coefficient (Wildman–Crippen LogP) is 2.60. The molecule has 0 fully saturated rings. The molecule has 1 atom stereocenters. The number of carboxylic acids is 1. The summed E-state index contributed by atoms with van der Waals surface area (Å²) >= 11 is 0. The molecule has 2 amide bonds. The number of anilines is 1. The Bertz CT molecular complexity index is 1230. The Morgan fingerprint density at radius 3 is 2.24 bits per heavy atom. The Morgan fingerprint density at radius 2 is 1.71 bits per heavy atom. The van der Waals surface area contributed by atoms with Gasteiger partial charge >= 0.3 is 5.97 Å². The van der Waals surface area contributed by atoms with Crippen molar-refractivity contribution in [3.05, 3.63) is 71.0 Å². The Labute approximate surface area is 196 Å². The SMILES string of the molecule is COc1ccc(C(=O)Nc2ccc(C(C)(Cn3nc(C(=O)O)cc3C)C(N)=O)cc2)cc1OC. The van der Waals surface area contributed by atoms with E-state index in [1.165, 1.54) is 25.0 Å². The van der Waals surface area contributed by atoms with Gasteiger partial charge in [0.2, 0.25) is 5.91 Å². The normalized spacial score (nSPS) is 12.5. The smallest absolute Gasteiger partial charge is 0.356 e. The van der Waals surface area contributed by atoms with Crippen LogP contribution in [0.2, 0.25) is 0 Å². The maximum atomic E-state index is 12.7. The average molecular weight is 466 g/mol. The number of carboxylic acid groups (broad SMARTS) is 1. The first-order valence-electron chi connectivity index (χ1n) is 10.3. The van der Waals surface area contributed by atoms with Crippen LogP contribution in [0.5, 0.6) is 11.5 Å². The molecule has 1 heterocycles. The first-order chi connectivity index (χ1) is 16.1. The van der Waals surface area contributed by atoms with Crippen molar-refractivity contribution in [1.29, 1.82) is 0 Å². The number of nitrogens with two attached hydrogens (primary N) is 1. The summed E-state index contributed by atoms with van der Waals surface area (Å²) < 4.78 is 11.9. The van der Waals surface area contributed by atoms with Crippen molar-refractivity contribution in [1.82, 2.24) is 9.78 Å². The number of nitrogens with one attached hydrogen (secondary N) is 1. The van der Waals surface area contributed by atoms with E-state index in [0.29, 0.717) is 34.0 Å². The van der Waals surface area contributed by atoms with Gasteiger partial charge in [-0.25, -0.2) is 4.79 Å². The fourth-order valence-electron chi connectivity index (χ4n) is 3.49. The third-order valence-corrected chi connectivity index (χ3v) is 5.64. The average Bonchev–Trinajstić information content (AvgIpc) is 3.19. The van der Waals surface area contributed by atoms with E-state index < -0.39 is 17.3 Å². The number of benzene rings is 2. The molecule has 1 unspecified atom stereocenters. The van der Waals surface area contributed by atoms with Gasteiger partial charge in [-0.3, -0.25) is 14.3 Å². The monoisotopic (exact) mass is 466 g/mol. The Hall–Kier alpha value is -4.34. The summed E-state index contributed by atoms with van der Waals surface area (Å²) in [6.45, 7) is 3.42. The van der Waals surface area contributed by atoms with Crippen LogP contribution in [0.25, 0.3) is 0 Å². The van der Waals surface area contributed by atoms with Crippen LogP contribution < -0.4 is 20.5 Å². The molecule has 0 aliphatic heterocycles. The number of primary amides is 1. The number of carbonyl (C=O) groups excluding carboxylic acids is 2. The number of hydrogen-bond donors (Lipinski definition) is 3. The van der Waals surface area contributed by atoms with Crippen LogP contribution in [-0.4, -0.2) is 46.9 Å². The molecule has 0 saturated heterocycles. The fraction of sp³-hybridized carbons (Fsp3) is 0.250. The van der Waals surface area contributed by atoms with E-state index in [2.05, 4.69) is 10.4 Å². The largest absolute Gasteiger partial charge is 0.493 e. The number of aryl methyl sites for hydroxylation is 1. The van der Waals surface area contributed by atoms with Crippen molar-refractivity contribution in [3.63, 3.8) is 0 Å². The molecule has 0 aliphatic carbocycles. The van der Waals surface area contributed by atoms with Gasteiger partial charge in [0.1, 0.15) is 0 Å². The molecular weight excluding hydrogens is 440 g/mol. The summed E-state index contributed by atoms with van der Waals surface area (Å²) in [4.78, 5) is 36.3. The van der Waals surface area contributed by atoms with Crippen molar-refractivity contribution in [2.45, 2.75) is 25.8 Å². The van der Waals surface area contributed by atoms with Gasteiger partial charge < -0.3 is 25.6 Å². The van der Waals surface area contributed by atoms with Crippen LogP contribution in [0, 0.1) is 6.92 Å². The summed E-state index contributed by atoms with van der Waals surface area (Å²) in [7, 11) is 3.00. The lowest BCUT2D eigenvalue weighted by Crippen LogP contribution is -2.42. The number of hydrogen-bond acceptors (Lipinski definition) is 6. The number of amides is 2. The summed E-state index contributed by atoms with van der Waals surface area (Å²) in [5.74, 6) is -1.15. The molecule has 4 N–H and O–H groups in total. The zero-order chi connectivity index (χ0) is 25.0. The van der Waals surface area contributed by atoms with Gasteiger partial charge in [0.25, 0.3) is 5.91 Å². The molecule has 0 radical (unpaired) electrons. The van der Waals surface area contributed by atoms with Gasteiger partial charge in [-0.15, -0.1) is 0 Å². The van der Waals surface area contributed by atoms with Crippen LogP contribution in [0.4, 0.5) is 5.69 Å². The molecule has 0 bridgehead atoms. The molecule has 1 aromatic heterocycles. The molecular formula is C24H26N4O6. The molecule has 10 heteroatoms. The molecule has 10 nitrogen and oxygen atoms in total. The van der Waals surface area contributed by atoms with Gasteiger partial charge in [-0.05, 0) is 55.8 Å². The van der Waals surface area contributed by atoms with Crippen LogP contribution in [0.15, 0.2) is 48.5 Å². The second kappa shape index (κ2) is 9.65. The minimum absolute atomic E-state index is 0.0544. The third kappa shape index (κ3) is 4.85. The molecule has 2 aromatic carbocycles. The molecule has 0 saturated carbocycles. The third-order valence-electron chi connectivity index (χ3n) is 5.64. The zero-order valence-electron chi connectivity index (χ0n) is 19.3. The number of aromatic nitrogens is 2. The van der Waals surface area contributed by atoms with E-state index in [1.807, 2.05) is 0 Å². The summed E-state index contributed by atoms with van der Waals surface area (Å²) in [6.07, 6.45) is 0. The van der Waals surface area contributed by atoms with Crippen molar-refractivity contribution < 1.29 is 29.0 Å². The summed E-state index contributed by atoms with van der Waals surface area (Å²) in [5, 5.41) is 16.0. The molecule has 178 valence electrons. The molecule has 0 spiro atoms. The lowest BCUT2D eigenvalue weighted by molar-refractivity contribution is -0.123. The predicted molar refractivity (Wildman–Crippen MR) is 124 cm³/mol. The van der Waals surface area contributed by atoms with Gasteiger partial charge in [0.15, 0.2) is 17.2 Å². The van der Waals surface area contributed by atoms with Crippen LogP contribution >= 0.6 is 0 Å².